The van der Waals surface area contributed by atoms with Crippen molar-refractivity contribution >= 4 is 23.0 Å². The van der Waals surface area contributed by atoms with Crippen LogP contribution in [0.5, 0.6) is 0 Å². The Kier molecular flexibility index (Phi) is 12.2. The van der Waals surface area contributed by atoms with Gasteiger partial charge in [-0.3, -0.25) is 20.0 Å². The molecule has 0 saturated carbocycles. The summed E-state index contributed by atoms with van der Waals surface area (Å²) in [5.74, 6) is -0.703. The molecule has 0 rings (SSSR count). The number of unbranched alkanes of at least 4 members (excludes halogenated alkanes) is 2. The Morgan fingerprint density at radius 2 is 1.27 bits per heavy atom. The van der Waals surface area contributed by atoms with Crippen molar-refractivity contribution < 1.29 is 24.6 Å². The molecule has 0 bridgehead atoms. The van der Waals surface area contributed by atoms with Crippen molar-refractivity contribution in [1.29, 1.82) is 0 Å². The number of hydroxylamine groups is 4. The maximum Gasteiger partial charge on any atom is 0.250 e. The SMILES string of the molecule is CCCCN(O)C(=O)CC[S+]([O-])CCC(=O)N(O)CCCC. The van der Waals surface area contributed by atoms with Crippen LogP contribution < -0.4 is 0 Å². The molecule has 0 fully saturated rings. The van der Waals surface area contributed by atoms with Crippen molar-refractivity contribution in [3.05, 3.63) is 0 Å². The number of hydrogen-bond acceptors (Lipinski definition) is 5. The fourth-order valence-corrected chi connectivity index (χ4v) is 2.64. The molecule has 0 unspecified atom stereocenters. The normalized spacial score (nSPS) is 10.8. The highest BCUT2D eigenvalue weighted by Gasteiger charge is 2.18. The lowest BCUT2D eigenvalue weighted by atomic mass is 10.3. The van der Waals surface area contributed by atoms with E-state index in [1.54, 1.807) is 0 Å². The summed E-state index contributed by atoms with van der Waals surface area (Å²) in [6.45, 7) is 4.46. The smallest absolute Gasteiger partial charge is 0.250 e. The van der Waals surface area contributed by atoms with Crippen LogP contribution in [-0.2, 0) is 20.8 Å². The minimum atomic E-state index is -1.32. The van der Waals surface area contributed by atoms with E-state index in [0.717, 1.165) is 12.8 Å². The molecule has 0 aromatic rings. The summed E-state index contributed by atoms with van der Waals surface area (Å²) in [4.78, 5) is 23.1. The number of hydrogen-bond donors (Lipinski definition) is 2. The highest BCUT2D eigenvalue weighted by molar-refractivity contribution is 7.91. The Hall–Kier alpha value is -0.830. The van der Waals surface area contributed by atoms with E-state index in [1.165, 1.54) is 0 Å². The summed E-state index contributed by atoms with van der Waals surface area (Å²) >= 11 is -1.32. The van der Waals surface area contributed by atoms with E-state index >= 15 is 0 Å². The van der Waals surface area contributed by atoms with Gasteiger partial charge < -0.3 is 4.55 Å². The Bertz CT molecular complexity index is 300. The average molecular weight is 336 g/mol. The maximum absolute atomic E-state index is 11.7. The standard InChI is InChI=1S/C14H28N2O5S/c1-3-5-9-15(19)13(17)7-11-22(21)12-8-14(18)16(20)10-6-4-2/h19-20H,3-12H2,1-2H3. The van der Waals surface area contributed by atoms with Crippen LogP contribution in [0.3, 0.4) is 0 Å². The van der Waals surface area contributed by atoms with E-state index in [0.29, 0.717) is 23.0 Å². The maximum atomic E-state index is 11.7. The van der Waals surface area contributed by atoms with Gasteiger partial charge in [0.1, 0.15) is 11.5 Å². The first-order chi connectivity index (χ1) is 10.4. The van der Waals surface area contributed by atoms with E-state index in [1.807, 2.05) is 13.8 Å². The number of carbonyl (C=O) groups excluding carboxylic acids is 2. The lowest BCUT2D eigenvalue weighted by Crippen LogP contribution is -2.32. The minimum absolute atomic E-state index is 0.0142. The highest BCUT2D eigenvalue weighted by atomic mass is 32.2. The van der Waals surface area contributed by atoms with Crippen LogP contribution in [0.2, 0.25) is 0 Å². The van der Waals surface area contributed by atoms with Crippen molar-refractivity contribution in [3.63, 3.8) is 0 Å². The molecule has 8 heteroatoms. The van der Waals surface area contributed by atoms with Gasteiger partial charge in [-0.05, 0) is 12.8 Å². The molecule has 22 heavy (non-hydrogen) atoms. The molecule has 0 radical (unpaired) electrons. The summed E-state index contributed by atoms with van der Waals surface area (Å²) in [5, 5.41) is 20.2. The van der Waals surface area contributed by atoms with Crippen molar-refractivity contribution in [2.75, 3.05) is 24.6 Å². The monoisotopic (exact) mass is 336 g/mol. The van der Waals surface area contributed by atoms with Crippen molar-refractivity contribution in [2.45, 2.75) is 52.4 Å². The van der Waals surface area contributed by atoms with Crippen LogP contribution in [0.15, 0.2) is 0 Å². The van der Waals surface area contributed by atoms with Crippen LogP contribution in [0.1, 0.15) is 52.4 Å². The summed E-state index contributed by atoms with van der Waals surface area (Å²) in [6, 6.07) is 0. The molecule has 0 aliphatic heterocycles. The van der Waals surface area contributed by atoms with Crippen LogP contribution >= 0.6 is 0 Å². The van der Waals surface area contributed by atoms with Crippen LogP contribution in [-0.4, -0.2) is 61.5 Å². The topological polar surface area (TPSA) is 104 Å². The van der Waals surface area contributed by atoms with Gasteiger partial charge in [-0.25, -0.2) is 10.1 Å². The first kappa shape index (κ1) is 21.2. The predicted molar refractivity (Wildman–Crippen MR) is 83.9 cm³/mol. The van der Waals surface area contributed by atoms with Crippen molar-refractivity contribution in [1.82, 2.24) is 10.1 Å². The Morgan fingerprint density at radius 3 is 1.59 bits per heavy atom. The van der Waals surface area contributed by atoms with Crippen LogP contribution in [0.4, 0.5) is 0 Å². The fourth-order valence-electron chi connectivity index (χ4n) is 1.63. The average Bonchev–Trinajstić information content (AvgIpc) is 2.52. The third-order valence-corrected chi connectivity index (χ3v) is 4.43. The predicted octanol–water partition coefficient (Wildman–Crippen LogP) is 1.55. The van der Waals surface area contributed by atoms with Gasteiger partial charge in [0.05, 0.1) is 12.8 Å². The van der Waals surface area contributed by atoms with Crippen molar-refractivity contribution in [3.8, 4) is 0 Å². The zero-order valence-electron chi connectivity index (χ0n) is 13.5. The summed E-state index contributed by atoms with van der Waals surface area (Å²) in [6.07, 6.45) is 3.13. The Balaban J connectivity index is 3.87. The van der Waals surface area contributed by atoms with E-state index in [4.69, 9.17) is 0 Å². The molecule has 0 aromatic carbocycles. The molecular weight excluding hydrogens is 308 g/mol. The third kappa shape index (κ3) is 9.99. The number of carbonyl (C=O) groups is 2. The van der Waals surface area contributed by atoms with Gasteiger partial charge in [0.25, 0.3) is 11.8 Å². The van der Waals surface area contributed by atoms with Gasteiger partial charge in [0, 0.05) is 13.1 Å². The van der Waals surface area contributed by atoms with Gasteiger partial charge in [-0.15, -0.1) is 0 Å². The number of rotatable bonds is 12. The zero-order chi connectivity index (χ0) is 17.0. The Labute approximate surface area is 135 Å². The molecule has 0 aromatic heterocycles. The molecule has 2 N–H and O–H groups in total. The molecule has 0 aliphatic rings. The summed E-state index contributed by atoms with van der Waals surface area (Å²) in [5.41, 5.74) is 0. The summed E-state index contributed by atoms with van der Waals surface area (Å²) < 4.78 is 11.7. The van der Waals surface area contributed by atoms with Gasteiger partial charge in [-0.1, -0.05) is 37.9 Å². The third-order valence-electron chi connectivity index (χ3n) is 3.11. The quantitative estimate of drug-likeness (QED) is 0.320. The molecule has 2 amide bonds. The van der Waals surface area contributed by atoms with E-state index in [-0.39, 0.29) is 37.4 Å². The molecule has 0 heterocycles. The first-order valence-electron chi connectivity index (χ1n) is 7.75. The van der Waals surface area contributed by atoms with Crippen LogP contribution in [0.25, 0.3) is 0 Å². The molecule has 0 aliphatic carbocycles. The zero-order valence-corrected chi connectivity index (χ0v) is 14.3. The van der Waals surface area contributed by atoms with E-state index < -0.39 is 23.0 Å². The number of amides is 2. The van der Waals surface area contributed by atoms with Gasteiger partial charge >= 0.3 is 0 Å². The molecule has 0 saturated heterocycles. The van der Waals surface area contributed by atoms with E-state index in [9.17, 15) is 24.6 Å². The second-order valence-corrected chi connectivity index (χ2v) is 6.79. The second-order valence-electron chi connectivity index (χ2n) is 5.09. The minimum Gasteiger partial charge on any atom is -0.616 e. The number of nitrogens with zero attached hydrogens (tertiary/aromatic N) is 2. The largest absolute Gasteiger partial charge is 0.616 e. The van der Waals surface area contributed by atoms with Gasteiger partial charge in [0.2, 0.25) is 0 Å². The lowest BCUT2D eigenvalue weighted by Gasteiger charge is -2.17. The molecule has 0 atom stereocenters. The van der Waals surface area contributed by atoms with Gasteiger partial charge in [-0.2, -0.15) is 0 Å². The lowest BCUT2D eigenvalue weighted by molar-refractivity contribution is -0.165. The molecule has 7 nitrogen and oxygen atoms in total. The van der Waals surface area contributed by atoms with Gasteiger partial charge in [0.15, 0.2) is 0 Å². The Morgan fingerprint density at radius 1 is 0.909 bits per heavy atom. The summed E-state index contributed by atoms with van der Waals surface area (Å²) in [7, 11) is 0. The molecular formula is C14H28N2O5S. The molecule has 0 spiro atoms. The first-order valence-corrected chi connectivity index (χ1v) is 9.24. The van der Waals surface area contributed by atoms with Crippen molar-refractivity contribution in [2.24, 2.45) is 0 Å². The second kappa shape index (κ2) is 12.7. The highest BCUT2D eigenvalue weighted by Crippen LogP contribution is 2.03. The van der Waals surface area contributed by atoms with E-state index in [2.05, 4.69) is 0 Å². The van der Waals surface area contributed by atoms with Crippen LogP contribution in [0, 0.1) is 0 Å². The fraction of sp³-hybridized carbons (Fsp3) is 0.857. The molecule has 130 valence electrons.